The van der Waals surface area contributed by atoms with Gasteiger partial charge in [0, 0.05) is 0 Å². The van der Waals surface area contributed by atoms with Crippen molar-refractivity contribution in [3.05, 3.63) is 23.4 Å². The molecule has 0 fully saturated rings. The van der Waals surface area contributed by atoms with E-state index in [-0.39, 0.29) is 43.4 Å². The van der Waals surface area contributed by atoms with Crippen LogP contribution in [0.4, 0.5) is 10.3 Å². The minimum absolute atomic E-state index is 0.0157. The molecule has 0 saturated heterocycles. The maximum absolute atomic E-state index is 14.2. The van der Waals surface area contributed by atoms with Crippen LogP contribution in [0.25, 0.3) is 11.2 Å². The summed E-state index contributed by atoms with van der Waals surface area (Å²) in [5, 5.41) is 0.111. The van der Waals surface area contributed by atoms with Crippen molar-refractivity contribution in [1.82, 2.24) is 19.5 Å². The lowest BCUT2D eigenvalue weighted by Crippen LogP contribution is -2.02. The number of nitrogen functional groups attached to an aromatic ring is 1. The number of hydrogen-bond donors (Lipinski definition) is 1. The summed E-state index contributed by atoms with van der Waals surface area (Å²) in [6.45, 7) is 3.89. The Kier molecular flexibility index (Phi) is 6.89. The van der Waals surface area contributed by atoms with E-state index in [9.17, 15) is 8.96 Å². The number of imidazole rings is 1. The Balaban J connectivity index is 2.05. The van der Waals surface area contributed by atoms with Gasteiger partial charge in [-0.25, -0.2) is 9.37 Å². The summed E-state index contributed by atoms with van der Waals surface area (Å²) in [4.78, 5) is 11.9. The minimum Gasteiger partial charge on any atom is -0.368 e. The van der Waals surface area contributed by atoms with Crippen LogP contribution in [0.5, 0.6) is 0 Å². The number of nitrogens with two attached hydrogens (primary N) is 1. The van der Waals surface area contributed by atoms with Gasteiger partial charge in [-0.05, 0) is 20.3 Å². The third-order valence-corrected chi connectivity index (χ3v) is 5.55. The molecular formula is C14H20ClFN5O3P. The Hall–Kier alpha value is -1.54. The fourth-order valence-corrected chi connectivity index (χ4v) is 3.99. The number of nitrogens with zero attached hydrogens (tertiary/aromatic N) is 4. The summed E-state index contributed by atoms with van der Waals surface area (Å²) in [7, 11) is -3.18. The normalized spacial score (nSPS) is 12.9. The van der Waals surface area contributed by atoms with Crippen LogP contribution in [-0.4, -0.2) is 38.9 Å². The molecule has 0 aliphatic carbocycles. The number of rotatable bonds is 9. The maximum Gasteiger partial charge on any atom is 0.330 e. The number of halogens is 2. The number of fused-ring (bicyclic) bond motifs is 1. The van der Waals surface area contributed by atoms with Crippen LogP contribution < -0.4 is 5.73 Å². The lowest BCUT2D eigenvalue weighted by atomic mass is 10.4. The predicted octanol–water partition coefficient (Wildman–Crippen LogP) is 3.57. The average Bonchev–Trinajstić information content (AvgIpc) is 2.91. The number of aromatic nitrogens is 4. The van der Waals surface area contributed by atoms with E-state index in [0.717, 1.165) is 0 Å². The van der Waals surface area contributed by atoms with Gasteiger partial charge in [-0.3, -0.25) is 4.57 Å². The van der Waals surface area contributed by atoms with E-state index in [1.807, 2.05) is 0 Å². The zero-order valence-corrected chi connectivity index (χ0v) is 15.6. The molecule has 25 heavy (non-hydrogen) atoms. The molecule has 138 valence electrons. The van der Waals surface area contributed by atoms with Gasteiger partial charge in [0.15, 0.2) is 10.8 Å². The van der Waals surface area contributed by atoms with Crippen molar-refractivity contribution in [3.63, 3.8) is 0 Å². The fraction of sp³-hybridized carbons (Fsp3) is 0.500. The number of allylic oxidation sites excluding steroid dienone is 2. The summed E-state index contributed by atoms with van der Waals surface area (Å²) >= 11 is 5.93. The summed E-state index contributed by atoms with van der Waals surface area (Å²) < 4.78 is 38.3. The second-order valence-corrected chi connectivity index (χ2v) is 7.57. The van der Waals surface area contributed by atoms with Crippen LogP contribution in [0.15, 0.2) is 18.2 Å². The molecule has 0 spiro atoms. The van der Waals surface area contributed by atoms with E-state index < -0.39 is 13.4 Å². The van der Waals surface area contributed by atoms with Crippen molar-refractivity contribution >= 4 is 36.3 Å². The van der Waals surface area contributed by atoms with E-state index in [2.05, 4.69) is 15.0 Å². The van der Waals surface area contributed by atoms with Crippen LogP contribution in [0.1, 0.15) is 20.3 Å². The van der Waals surface area contributed by atoms with Crippen molar-refractivity contribution in [2.24, 2.45) is 0 Å². The highest BCUT2D eigenvalue weighted by atomic mass is 35.5. The Morgan fingerprint density at radius 2 is 2.08 bits per heavy atom. The summed E-state index contributed by atoms with van der Waals surface area (Å²) in [6.07, 6.45) is 3.06. The van der Waals surface area contributed by atoms with Gasteiger partial charge in [-0.15, -0.1) is 0 Å². The zero-order chi connectivity index (χ0) is 18.4. The molecule has 11 heteroatoms. The molecule has 2 rings (SSSR count). The molecule has 0 amide bonds. The lowest BCUT2D eigenvalue weighted by Gasteiger charge is -2.15. The Bertz CT molecular complexity index is 803. The lowest BCUT2D eigenvalue weighted by molar-refractivity contribution is 0.220. The number of anilines is 1. The molecule has 2 aromatic heterocycles. The first-order valence-corrected chi connectivity index (χ1v) is 9.85. The van der Waals surface area contributed by atoms with Crippen molar-refractivity contribution in [1.29, 1.82) is 0 Å². The standard InChI is InChI=1S/C14H20ClFN5O3P/c1-3-23-25(22,24-4-2)7-5-6-10(16)8-21-9-18-11-12(15)19-14(17)20-13(11)21/h6,9H,3-5,7-8H2,1-2H3,(H2,17,19,20). The van der Waals surface area contributed by atoms with Gasteiger partial charge in [-0.2, -0.15) is 9.97 Å². The molecule has 0 radical (unpaired) electrons. The van der Waals surface area contributed by atoms with Gasteiger partial charge in [0.1, 0.15) is 11.3 Å². The highest BCUT2D eigenvalue weighted by Gasteiger charge is 2.22. The molecule has 2 N–H and O–H groups in total. The fourth-order valence-electron chi connectivity index (χ4n) is 2.21. The zero-order valence-electron chi connectivity index (χ0n) is 14.0. The largest absolute Gasteiger partial charge is 0.368 e. The molecule has 2 aromatic rings. The first-order chi connectivity index (χ1) is 11.9. The van der Waals surface area contributed by atoms with Gasteiger partial charge >= 0.3 is 7.60 Å². The van der Waals surface area contributed by atoms with Crippen LogP contribution in [0, 0.1) is 0 Å². The van der Waals surface area contributed by atoms with Crippen molar-refractivity contribution in [3.8, 4) is 0 Å². The van der Waals surface area contributed by atoms with E-state index in [0.29, 0.717) is 11.2 Å². The summed E-state index contributed by atoms with van der Waals surface area (Å²) in [5.74, 6) is -0.454. The Morgan fingerprint density at radius 3 is 2.72 bits per heavy atom. The number of hydrogen-bond acceptors (Lipinski definition) is 7. The SMILES string of the molecule is CCOP(=O)(CCC=C(F)Cn1cnc2c(Cl)nc(N)nc21)OCC. The summed E-state index contributed by atoms with van der Waals surface area (Å²) in [5.41, 5.74) is 6.24. The smallest absolute Gasteiger partial charge is 0.330 e. The average molecular weight is 392 g/mol. The van der Waals surface area contributed by atoms with Crippen LogP contribution in [0.3, 0.4) is 0 Å². The topological polar surface area (TPSA) is 105 Å². The van der Waals surface area contributed by atoms with Gasteiger partial charge < -0.3 is 19.3 Å². The predicted molar refractivity (Wildman–Crippen MR) is 94.3 cm³/mol. The molecule has 0 bridgehead atoms. The molecule has 0 atom stereocenters. The highest BCUT2D eigenvalue weighted by molar-refractivity contribution is 7.53. The molecule has 0 aliphatic heterocycles. The van der Waals surface area contributed by atoms with Crippen LogP contribution >= 0.6 is 19.2 Å². The Labute approximate surface area is 149 Å². The Morgan fingerprint density at radius 1 is 1.40 bits per heavy atom. The summed E-state index contributed by atoms with van der Waals surface area (Å²) in [6, 6.07) is 0. The molecule has 0 aliphatic rings. The van der Waals surface area contributed by atoms with E-state index in [1.165, 1.54) is 17.0 Å². The second kappa shape index (κ2) is 8.71. The molecular weight excluding hydrogens is 372 g/mol. The second-order valence-electron chi connectivity index (χ2n) is 5.03. The molecule has 0 aromatic carbocycles. The van der Waals surface area contributed by atoms with Gasteiger partial charge in [0.05, 0.1) is 32.2 Å². The van der Waals surface area contributed by atoms with Crippen LogP contribution in [0.2, 0.25) is 5.15 Å². The minimum atomic E-state index is -3.18. The van der Waals surface area contributed by atoms with E-state index >= 15 is 0 Å². The molecule has 0 saturated carbocycles. The quantitative estimate of drug-likeness (QED) is 0.514. The highest BCUT2D eigenvalue weighted by Crippen LogP contribution is 2.48. The molecule has 0 unspecified atom stereocenters. The van der Waals surface area contributed by atoms with Gasteiger partial charge in [0.25, 0.3) is 0 Å². The van der Waals surface area contributed by atoms with Gasteiger partial charge in [0.2, 0.25) is 5.95 Å². The molecule has 8 nitrogen and oxygen atoms in total. The monoisotopic (exact) mass is 391 g/mol. The van der Waals surface area contributed by atoms with Gasteiger partial charge in [-0.1, -0.05) is 17.7 Å². The first-order valence-electron chi connectivity index (χ1n) is 7.75. The van der Waals surface area contributed by atoms with Crippen molar-refractivity contribution in [2.45, 2.75) is 26.8 Å². The molecule has 2 heterocycles. The first kappa shape index (κ1) is 19.8. The van der Waals surface area contributed by atoms with Crippen molar-refractivity contribution in [2.75, 3.05) is 25.1 Å². The van der Waals surface area contributed by atoms with Crippen molar-refractivity contribution < 1.29 is 18.0 Å². The van der Waals surface area contributed by atoms with E-state index in [4.69, 9.17) is 26.4 Å². The third kappa shape index (κ3) is 5.22. The maximum atomic E-state index is 14.2. The van der Waals surface area contributed by atoms with E-state index in [1.54, 1.807) is 13.8 Å². The third-order valence-electron chi connectivity index (χ3n) is 3.18. The van der Waals surface area contributed by atoms with Crippen LogP contribution in [-0.2, 0) is 20.2 Å².